The third-order valence-electron chi connectivity index (χ3n) is 5.25. The van der Waals surface area contributed by atoms with Gasteiger partial charge in [-0.3, -0.25) is 9.59 Å². The maximum absolute atomic E-state index is 12.5. The fourth-order valence-corrected chi connectivity index (χ4v) is 3.34. The van der Waals surface area contributed by atoms with Crippen molar-refractivity contribution in [2.75, 3.05) is 13.1 Å². The minimum atomic E-state index is -0.120. The van der Waals surface area contributed by atoms with Gasteiger partial charge in [0.15, 0.2) is 0 Å². The van der Waals surface area contributed by atoms with Crippen LogP contribution in [0.2, 0.25) is 0 Å². The molecule has 4 nitrogen and oxygen atoms in total. The molecular formula is C19H26N2O2. The van der Waals surface area contributed by atoms with Crippen LogP contribution in [0.15, 0.2) is 24.3 Å². The van der Waals surface area contributed by atoms with Crippen molar-refractivity contribution in [3.05, 3.63) is 35.4 Å². The Bertz CT molecular complexity index is 591. The van der Waals surface area contributed by atoms with E-state index in [0.717, 1.165) is 31.5 Å². The number of benzene rings is 1. The molecule has 3 rings (SSSR count). The van der Waals surface area contributed by atoms with Crippen molar-refractivity contribution in [2.24, 2.45) is 17.8 Å². The summed E-state index contributed by atoms with van der Waals surface area (Å²) in [5.41, 5.74) is 2.31. The molecule has 2 atom stereocenters. The molecule has 1 aliphatic heterocycles. The number of likely N-dealkylation sites (tertiary alicyclic amines) is 1. The third kappa shape index (κ3) is 3.74. The van der Waals surface area contributed by atoms with Crippen LogP contribution in [0.4, 0.5) is 0 Å². The third-order valence-corrected chi connectivity index (χ3v) is 5.25. The largest absolute Gasteiger partial charge is 0.352 e. The maximum Gasteiger partial charge on any atom is 0.226 e. The predicted molar refractivity (Wildman–Crippen MR) is 89.6 cm³/mol. The van der Waals surface area contributed by atoms with Crippen molar-refractivity contribution >= 4 is 11.8 Å². The second-order valence-electron chi connectivity index (χ2n) is 7.10. The van der Waals surface area contributed by atoms with E-state index in [0.29, 0.717) is 18.9 Å². The lowest BCUT2D eigenvalue weighted by Gasteiger charge is -2.30. The van der Waals surface area contributed by atoms with Crippen molar-refractivity contribution in [1.82, 2.24) is 10.2 Å². The number of rotatable bonds is 4. The Labute approximate surface area is 138 Å². The van der Waals surface area contributed by atoms with Crippen LogP contribution in [-0.4, -0.2) is 29.8 Å². The van der Waals surface area contributed by atoms with Gasteiger partial charge in [0.2, 0.25) is 11.8 Å². The van der Waals surface area contributed by atoms with Crippen molar-refractivity contribution in [2.45, 2.75) is 39.7 Å². The Morgan fingerprint density at radius 3 is 2.57 bits per heavy atom. The quantitative estimate of drug-likeness (QED) is 0.928. The van der Waals surface area contributed by atoms with Gasteiger partial charge in [0.25, 0.3) is 0 Å². The number of nitrogens with zero attached hydrogens (tertiary/aromatic N) is 1. The maximum atomic E-state index is 12.5. The van der Waals surface area contributed by atoms with Crippen LogP contribution in [0, 0.1) is 24.7 Å². The fourth-order valence-electron chi connectivity index (χ4n) is 3.34. The van der Waals surface area contributed by atoms with Gasteiger partial charge < -0.3 is 10.2 Å². The normalized spacial score (nSPS) is 24.3. The highest BCUT2D eigenvalue weighted by molar-refractivity contribution is 5.92. The van der Waals surface area contributed by atoms with Crippen LogP contribution in [-0.2, 0) is 16.1 Å². The zero-order valence-electron chi connectivity index (χ0n) is 14.0. The zero-order chi connectivity index (χ0) is 16.4. The van der Waals surface area contributed by atoms with E-state index >= 15 is 0 Å². The molecule has 1 saturated carbocycles. The molecule has 1 heterocycles. The van der Waals surface area contributed by atoms with Gasteiger partial charge >= 0.3 is 0 Å². The number of nitrogens with one attached hydrogen (secondary N) is 1. The molecule has 0 radical (unpaired) electrons. The van der Waals surface area contributed by atoms with E-state index in [1.807, 2.05) is 36.1 Å². The lowest BCUT2D eigenvalue weighted by Crippen LogP contribution is -2.39. The fraction of sp³-hybridized carbons (Fsp3) is 0.579. The van der Waals surface area contributed by atoms with Crippen molar-refractivity contribution in [3.63, 3.8) is 0 Å². The first-order valence-corrected chi connectivity index (χ1v) is 8.67. The number of piperidine rings is 1. The van der Waals surface area contributed by atoms with E-state index < -0.39 is 0 Å². The predicted octanol–water partition coefficient (Wildman–Crippen LogP) is 2.51. The second kappa shape index (κ2) is 6.73. The molecule has 2 unspecified atom stereocenters. The molecule has 0 bridgehead atoms. The molecule has 1 N–H and O–H groups in total. The van der Waals surface area contributed by atoms with Crippen LogP contribution in [0.3, 0.4) is 0 Å². The van der Waals surface area contributed by atoms with Crippen LogP contribution in [0.1, 0.15) is 37.3 Å². The molecule has 23 heavy (non-hydrogen) atoms. The molecule has 4 heteroatoms. The number of hydrogen-bond donors (Lipinski definition) is 1. The van der Waals surface area contributed by atoms with Gasteiger partial charge in [-0.2, -0.15) is 0 Å². The zero-order valence-corrected chi connectivity index (χ0v) is 14.0. The van der Waals surface area contributed by atoms with Gasteiger partial charge in [-0.1, -0.05) is 31.2 Å². The molecular weight excluding hydrogens is 288 g/mol. The minimum absolute atomic E-state index is 0.0250. The van der Waals surface area contributed by atoms with Gasteiger partial charge in [0, 0.05) is 19.6 Å². The summed E-state index contributed by atoms with van der Waals surface area (Å²) in [6.07, 6.45) is 2.88. The molecule has 1 saturated heterocycles. The average Bonchev–Trinajstić information content (AvgIpc) is 3.34. The topological polar surface area (TPSA) is 49.4 Å². The summed E-state index contributed by atoms with van der Waals surface area (Å²) in [7, 11) is 0. The van der Waals surface area contributed by atoms with Gasteiger partial charge in [0.1, 0.15) is 0 Å². The Balaban J connectivity index is 1.47. The molecule has 1 aromatic rings. The van der Waals surface area contributed by atoms with Gasteiger partial charge in [-0.05, 0) is 43.2 Å². The summed E-state index contributed by atoms with van der Waals surface area (Å²) in [4.78, 5) is 26.7. The van der Waals surface area contributed by atoms with E-state index in [1.54, 1.807) is 0 Å². The summed E-state index contributed by atoms with van der Waals surface area (Å²) in [5.74, 6) is 0.725. The molecule has 0 spiro atoms. The van der Waals surface area contributed by atoms with E-state index in [2.05, 4.69) is 12.2 Å². The van der Waals surface area contributed by atoms with Gasteiger partial charge in [0.05, 0.1) is 11.8 Å². The van der Waals surface area contributed by atoms with Crippen molar-refractivity contribution in [3.8, 4) is 0 Å². The first kappa shape index (κ1) is 16.0. The van der Waals surface area contributed by atoms with E-state index in [-0.39, 0.29) is 23.7 Å². The molecule has 1 aliphatic carbocycles. The van der Waals surface area contributed by atoms with Crippen LogP contribution in [0.25, 0.3) is 0 Å². The number of carbonyl (C=O) groups is 2. The highest BCUT2D eigenvalue weighted by Gasteiger charge is 2.49. The summed E-state index contributed by atoms with van der Waals surface area (Å²) < 4.78 is 0. The van der Waals surface area contributed by atoms with E-state index in [9.17, 15) is 9.59 Å². The van der Waals surface area contributed by atoms with Gasteiger partial charge in [-0.25, -0.2) is 0 Å². The highest BCUT2D eigenvalue weighted by Crippen LogP contribution is 2.40. The van der Waals surface area contributed by atoms with Crippen molar-refractivity contribution < 1.29 is 9.59 Å². The molecule has 124 valence electrons. The molecule has 0 aromatic heterocycles. The lowest BCUT2D eigenvalue weighted by atomic mass is 9.99. The SMILES string of the molecule is Cc1ccccc1CNC(=O)C1CC1C(=O)N1CCC(C)CC1. The summed E-state index contributed by atoms with van der Waals surface area (Å²) in [6, 6.07) is 8.05. The smallest absolute Gasteiger partial charge is 0.226 e. The van der Waals surface area contributed by atoms with Gasteiger partial charge in [-0.15, -0.1) is 0 Å². The first-order chi connectivity index (χ1) is 11.1. The Morgan fingerprint density at radius 2 is 1.87 bits per heavy atom. The molecule has 1 aromatic carbocycles. The molecule has 2 aliphatic rings. The van der Waals surface area contributed by atoms with E-state index in [1.165, 1.54) is 5.56 Å². The number of amides is 2. The monoisotopic (exact) mass is 314 g/mol. The number of aryl methyl sites for hydroxylation is 1. The van der Waals surface area contributed by atoms with Crippen LogP contribution >= 0.6 is 0 Å². The Hall–Kier alpha value is -1.84. The standard InChI is InChI=1S/C19H26N2O2/c1-13-7-9-21(10-8-13)19(23)17-11-16(17)18(22)20-12-15-6-4-3-5-14(15)2/h3-6,13,16-17H,7-12H2,1-2H3,(H,20,22). The molecule has 2 amide bonds. The minimum Gasteiger partial charge on any atom is -0.352 e. The number of carbonyl (C=O) groups excluding carboxylic acids is 2. The van der Waals surface area contributed by atoms with Crippen LogP contribution in [0.5, 0.6) is 0 Å². The summed E-state index contributed by atoms with van der Waals surface area (Å²) in [6.45, 7) is 6.54. The van der Waals surface area contributed by atoms with Crippen LogP contribution < -0.4 is 5.32 Å². The average molecular weight is 314 g/mol. The van der Waals surface area contributed by atoms with E-state index in [4.69, 9.17) is 0 Å². The molecule has 2 fully saturated rings. The number of hydrogen-bond acceptors (Lipinski definition) is 2. The Morgan fingerprint density at radius 1 is 1.17 bits per heavy atom. The summed E-state index contributed by atoms with van der Waals surface area (Å²) >= 11 is 0. The van der Waals surface area contributed by atoms with Crippen molar-refractivity contribution in [1.29, 1.82) is 0 Å². The highest BCUT2D eigenvalue weighted by atomic mass is 16.2. The Kier molecular flexibility index (Phi) is 4.69. The first-order valence-electron chi connectivity index (χ1n) is 8.67. The second-order valence-corrected chi connectivity index (χ2v) is 7.10. The lowest BCUT2D eigenvalue weighted by molar-refractivity contribution is -0.135. The summed E-state index contributed by atoms with van der Waals surface area (Å²) in [5, 5.41) is 2.99.